The van der Waals surface area contributed by atoms with Crippen LogP contribution in [-0.2, 0) is 0 Å². The molecule has 0 unspecified atom stereocenters. The average molecular weight is 328 g/mol. The van der Waals surface area contributed by atoms with Crippen LogP contribution in [0.4, 0.5) is 11.6 Å². The highest BCUT2D eigenvalue weighted by Gasteiger charge is 2.12. The first-order valence-corrected chi connectivity index (χ1v) is 7.31. The van der Waals surface area contributed by atoms with Crippen LogP contribution in [0, 0.1) is 0 Å². The first kappa shape index (κ1) is 13.1. The SMILES string of the molecule is CCN(c1ncc(Br)cn1)c1cccc2ccccc12. The number of fused-ring (bicyclic) bond motifs is 1. The van der Waals surface area contributed by atoms with Crippen molar-refractivity contribution in [3.05, 3.63) is 59.3 Å². The van der Waals surface area contributed by atoms with Crippen LogP contribution in [0.25, 0.3) is 10.8 Å². The van der Waals surface area contributed by atoms with Crippen molar-refractivity contribution in [3.8, 4) is 0 Å². The summed E-state index contributed by atoms with van der Waals surface area (Å²) in [5, 5.41) is 2.43. The predicted octanol–water partition coefficient (Wildman–Crippen LogP) is 4.55. The standard InChI is InChI=1S/C16H14BrN3/c1-2-20(16-18-10-13(17)11-19-16)15-9-5-7-12-6-3-4-8-14(12)15/h3-11H,2H2,1H3. The maximum Gasteiger partial charge on any atom is 0.229 e. The fourth-order valence-electron chi connectivity index (χ4n) is 2.31. The molecule has 0 N–H and O–H groups in total. The summed E-state index contributed by atoms with van der Waals surface area (Å²) >= 11 is 3.37. The molecule has 1 aromatic heterocycles. The van der Waals surface area contributed by atoms with Gasteiger partial charge in [-0.05, 0) is 34.3 Å². The van der Waals surface area contributed by atoms with Gasteiger partial charge in [0.25, 0.3) is 0 Å². The lowest BCUT2D eigenvalue weighted by molar-refractivity contribution is 0.947. The van der Waals surface area contributed by atoms with Crippen molar-refractivity contribution in [1.82, 2.24) is 9.97 Å². The quantitative estimate of drug-likeness (QED) is 0.706. The molecule has 0 spiro atoms. The van der Waals surface area contributed by atoms with Gasteiger partial charge in [-0.15, -0.1) is 0 Å². The number of halogens is 1. The fourth-order valence-corrected chi connectivity index (χ4v) is 2.51. The molecule has 4 heteroatoms. The van der Waals surface area contributed by atoms with Crippen LogP contribution < -0.4 is 4.90 Å². The Balaban J connectivity index is 2.14. The van der Waals surface area contributed by atoms with Crippen LogP contribution in [0.5, 0.6) is 0 Å². The molecule has 20 heavy (non-hydrogen) atoms. The minimum absolute atomic E-state index is 0.715. The van der Waals surface area contributed by atoms with Gasteiger partial charge in [0.1, 0.15) is 0 Å². The van der Waals surface area contributed by atoms with Gasteiger partial charge in [-0.25, -0.2) is 9.97 Å². The lowest BCUT2D eigenvalue weighted by Crippen LogP contribution is -2.18. The summed E-state index contributed by atoms with van der Waals surface area (Å²) in [5.41, 5.74) is 1.13. The van der Waals surface area contributed by atoms with Crippen LogP contribution in [0.15, 0.2) is 59.3 Å². The monoisotopic (exact) mass is 327 g/mol. The molecule has 3 nitrogen and oxygen atoms in total. The van der Waals surface area contributed by atoms with E-state index in [1.807, 2.05) is 0 Å². The predicted molar refractivity (Wildman–Crippen MR) is 86.4 cm³/mol. The molecule has 0 aliphatic carbocycles. The van der Waals surface area contributed by atoms with Gasteiger partial charge in [0.2, 0.25) is 5.95 Å². The zero-order chi connectivity index (χ0) is 13.9. The van der Waals surface area contributed by atoms with Crippen molar-refractivity contribution in [3.63, 3.8) is 0 Å². The van der Waals surface area contributed by atoms with E-state index >= 15 is 0 Å². The van der Waals surface area contributed by atoms with Crippen LogP contribution in [0.2, 0.25) is 0 Å². The lowest BCUT2D eigenvalue weighted by atomic mass is 10.1. The van der Waals surface area contributed by atoms with Crippen LogP contribution in [0.1, 0.15) is 6.92 Å². The number of benzene rings is 2. The van der Waals surface area contributed by atoms with E-state index < -0.39 is 0 Å². The normalized spacial score (nSPS) is 10.7. The molecular formula is C16H14BrN3. The molecule has 0 saturated carbocycles. The minimum atomic E-state index is 0.715. The number of anilines is 2. The summed E-state index contributed by atoms with van der Waals surface area (Å²) in [7, 11) is 0. The molecule has 0 aliphatic rings. The Bertz CT molecular complexity index is 720. The van der Waals surface area contributed by atoms with E-state index in [-0.39, 0.29) is 0 Å². The molecule has 0 fully saturated rings. The topological polar surface area (TPSA) is 29.0 Å². The second kappa shape index (κ2) is 5.59. The van der Waals surface area contributed by atoms with E-state index in [1.54, 1.807) is 12.4 Å². The van der Waals surface area contributed by atoms with Gasteiger partial charge >= 0.3 is 0 Å². The molecule has 0 amide bonds. The number of aromatic nitrogens is 2. The van der Waals surface area contributed by atoms with E-state index in [9.17, 15) is 0 Å². The molecule has 0 atom stereocenters. The Hall–Kier alpha value is -1.94. The van der Waals surface area contributed by atoms with Gasteiger partial charge in [-0.2, -0.15) is 0 Å². The third kappa shape index (κ3) is 2.39. The van der Waals surface area contributed by atoms with E-state index in [1.165, 1.54) is 10.8 Å². The van der Waals surface area contributed by atoms with Crippen molar-refractivity contribution >= 4 is 38.3 Å². The third-order valence-corrected chi connectivity index (χ3v) is 3.63. The summed E-state index contributed by atoms with van der Waals surface area (Å²) in [6.07, 6.45) is 3.55. The molecule has 1 heterocycles. The molecule has 3 aromatic rings. The molecule has 0 saturated heterocycles. The van der Waals surface area contributed by atoms with Crippen LogP contribution >= 0.6 is 15.9 Å². The highest BCUT2D eigenvalue weighted by atomic mass is 79.9. The van der Waals surface area contributed by atoms with E-state index in [4.69, 9.17) is 0 Å². The Labute approximate surface area is 126 Å². The molecular weight excluding hydrogens is 314 g/mol. The summed E-state index contributed by atoms with van der Waals surface area (Å²) in [4.78, 5) is 10.9. The Kier molecular flexibility index (Phi) is 3.65. The van der Waals surface area contributed by atoms with Crippen LogP contribution in [-0.4, -0.2) is 16.5 Å². The van der Waals surface area contributed by atoms with Gasteiger partial charge in [0.15, 0.2) is 0 Å². The maximum atomic E-state index is 4.40. The fraction of sp³-hybridized carbons (Fsp3) is 0.125. The smallest absolute Gasteiger partial charge is 0.229 e. The summed E-state index contributed by atoms with van der Waals surface area (Å²) < 4.78 is 0.884. The van der Waals surface area contributed by atoms with E-state index in [2.05, 4.69) is 80.2 Å². The van der Waals surface area contributed by atoms with Crippen molar-refractivity contribution < 1.29 is 0 Å². The van der Waals surface area contributed by atoms with E-state index in [0.29, 0.717) is 5.95 Å². The molecule has 0 radical (unpaired) electrons. The summed E-state index contributed by atoms with van der Waals surface area (Å²) in [6.45, 7) is 2.92. The zero-order valence-corrected chi connectivity index (χ0v) is 12.7. The number of hydrogen-bond donors (Lipinski definition) is 0. The second-order valence-electron chi connectivity index (χ2n) is 4.44. The average Bonchev–Trinajstić information content (AvgIpc) is 2.50. The summed E-state index contributed by atoms with van der Waals surface area (Å²) in [6, 6.07) is 14.7. The number of rotatable bonds is 3. The molecule has 100 valence electrons. The molecule has 0 aliphatic heterocycles. The van der Waals surface area contributed by atoms with Crippen molar-refractivity contribution in [2.45, 2.75) is 6.92 Å². The lowest BCUT2D eigenvalue weighted by Gasteiger charge is -2.22. The van der Waals surface area contributed by atoms with Crippen molar-refractivity contribution in [2.24, 2.45) is 0 Å². The molecule has 3 rings (SSSR count). The van der Waals surface area contributed by atoms with Crippen molar-refractivity contribution in [2.75, 3.05) is 11.4 Å². The maximum absolute atomic E-state index is 4.40. The molecule has 0 bridgehead atoms. The second-order valence-corrected chi connectivity index (χ2v) is 5.36. The summed E-state index contributed by atoms with van der Waals surface area (Å²) in [5.74, 6) is 0.715. The molecule has 2 aromatic carbocycles. The minimum Gasteiger partial charge on any atom is -0.310 e. The Morgan fingerprint density at radius 1 is 1.00 bits per heavy atom. The van der Waals surface area contributed by atoms with Gasteiger partial charge < -0.3 is 4.90 Å². The number of hydrogen-bond acceptors (Lipinski definition) is 3. The third-order valence-electron chi connectivity index (χ3n) is 3.22. The van der Waals surface area contributed by atoms with Gasteiger partial charge in [-0.1, -0.05) is 36.4 Å². The van der Waals surface area contributed by atoms with Gasteiger partial charge in [0.05, 0.1) is 10.2 Å². The first-order chi connectivity index (χ1) is 9.79. The van der Waals surface area contributed by atoms with Gasteiger partial charge in [-0.3, -0.25) is 0 Å². The largest absolute Gasteiger partial charge is 0.310 e. The highest BCUT2D eigenvalue weighted by molar-refractivity contribution is 9.10. The van der Waals surface area contributed by atoms with Gasteiger partial charge in [0, 0.05) is 24.3 Å². The highest BCUT2D eigenvalue weighted by Crippen LogP contribution is 2.30. The van der Waals surface area contributed by atoms with Crippen molar-refractivity contribution in [1.29, 1.82) is 0 Å². The Morgan fingerprint density at radius 3 is 2.45 bits per heavy atom. The Morgan fingerprint density at radius 2 is 1.70 bits per heavy atom. The first-order valence-electron chi connectivity index (χ1n) is 6.52. The van der Waals surface area contributed by atoms with E-state index in [0.717, 1.165) is 16.7 Å². The number of nitrogens with zero attached hydrogens (tertiary/aromatic N) is 3. The zero-order valence-electron chi connectivity index (χ0n) is 11.1. The van der Waals surface area contributed by atoms with Crippen LogP contribution in [0.3, 0.4) is 0 Å².